The van der Waals surface area contributed by atoms with Gasteiger partial charge in [-0.05, 0) is 37.3 Å². The minimum atomic E-state index is -3.54. The summed E-state index contributed by atoms with van der Waals surface area (Å²) in [5.41, 5.74) is 0.742. The van der Waals surface area contributed by atoms with Gasteiger partial charge in [-0.25, -0.2) is 18.4 Å². The zero-order valence-corrected chi connectivity index (χ0v) is 19.9. The van der Waals surface area contributed by atoms with E-state index in [1.165, 1.54) is 29.2 Å². The molecular weight excluding hydrogens is 484 g/mol. The molecule has 1 atom stereocenters. The minimum absolute atomic E-state index is 0.0322. The highest BCUT2D eigenvalue weighted by Crippen LogP contribution is 2.21. The third-order valence-electron chi connectivity index (χ3n) is 5.12. The van der Waals surface area contributed by atoms with Crippen LogP contribution >= 0.6 is 11.6 Å². The van der Waals surface area contributed by atoms with Crippen molar-refractivity contribution in [3.63, 3.8) is 0 Å². The number of pyridine rings is 1. The van der Waals surface area contributed by atoms with Crippen LogP contribution in [0.5, 0.6) is 0 Å². The molecule has 0 aliphatic carbocycles. The second kappa shape index (κ2) is 9.49. The highest BCUT2D eigenvalue weighted by molar-refractivity contribution is 7.90. The summed E-state index contributed by atoms with van der Waals surface area (Å²) in [5, 5.41) is 7.10. The minimum Gasteiger partial charge on any atom is -0.370 e. The van der Waals surface area contributed by atoms with Crippen molar-refractivity contribution in [3.8, 4) is 5.82 Å². The normalized spacial score (nSPS) is 15.3. The number of aromatic nitrogens is 4. The predicted molar refractivity (Wildman–Crippen MR) is 123 cm³/mol. The first kappa shape index (κ1) is 23.8. The van der Waals surface area contributed by atoms with Crippen molar-refractivity contribution in [3.05, 3.63) is 59.3 Å². The molecule has 2 amide bonds. The number of carbonyl (C=O) groups excluding carboxylic acids is 2. The third-order valence-corrected chi connectivity index (χ3v) is 6.43. The molecule has 0 radical (unpaired) electrons. The van der Waals surface area contributed by atoms with Gasteiger partial charge in [-0.3, -0.25) is 9.59 Å². The molecule has 3 heterocycles. The summed E-state index contributed by atoms with van der Waals surface area (Å²) < 4.78 is 30.3. The van der Waals surface area contributed by atoms with Crippen LogP contribution in [-0.2, 0) is 19.4 Å². The Bertz CT molecular complexity index is 1340. The van der Waals surface area contributed by atoms with Gasteiger partial charge >= 0.3 is 0 Å². The molecule has 2 aromatic heterocycles. The lowest BCUT2D eigenvalue weighted by molar-refractivity contribution is -0.125. The van der Waals surface area contributed by atoms with Crippen molar-refractivity contribution in [2.45, 2.75) is 17.9 Å². The number of benzene rings is 1. The number of rotatable bonds is 6. The SMILES string of the molecule is C[C@H](NC(=O)c1cc(Cl)cc(S(C)(=O)=O)c1)c1ncnn1-c1ccc(N2CCOCC2=O)cn1. The van der Waals surface area contributed by atoms with Gasteiger partial charge in [0.25, 0.3) is 11.8 Å². The van der Waals surface area contributed by atoms with Crippen LogP contribution in [0.1, 0.15) is 29.1 Å². The van der Waals surface area contributed by atoms with Gasteiger partial charge in [-0.2, -0.15) is 9.78 Å². The Morgan fingerprint density at radius 3 is 2.71 bits per heavy atom. The Hall–Kier alpha value is -3.35. The molecule has 11 nitrogen and oxygen atoms in total. The zero-order chi connectivity index (χ0) is 24.5. The van der Waals surface area contributed by atoms with Crippen LogP contribution in [0.25, 0.3) is 5.82 Å². The van der Waals surface area contributed by atoms with Crippen LogP contribution in [0.3, 0.4) is 0 Å². The maximum Gasteiger partial charge on any atom is 0.253 e. The quantitative estimate of drug-likeness (QED) is 0.534. The topological polar surface area (TPSA) is 136 Å². The number of amides is 2. The van der Waals surface area contributed by atoms with Gasteiger partial charge in [0, 0.05) is 23.4 Å². The van der Waals surface area contributed by atoms with Crippen LogP contribution in [-0.4, -0.2) is 66.0 Å². The molecule has 3 aromatic rings. The van der Waals surface area contributed by atoms with Crippen LogP contribution < -0.4 is 10.2 Å². The number of nitrogens with one attached hydrogen (secondary N) is 1. The van der Waals surface area contributed by atoms with Crippen molar-refractivity contribution >= 4 is 38.9 Å². The molecule has 13 heteroatoms. The summed E-state index contributed by atoms with van der Waals surface area (Å²) in [6.07, 6.45) is 3.94. The highest BCUT2D eigenvalue weighted by atomic mass is 35.5. The fourth-order valence-corrected chi connectivity index (χ4v) is 4.41. The van der Waals surface area contributed by atoms with Crippen molar-refractivity contribution in [1.29, 1.82) is 0 Å². The summed E-state index contributed by atoms with van der Waals surface area (Å²) in [7, 11) is -3.54. The number of carbonyl (C=O) groups is 2. The van der Waals surface area contributed by atoms with Gasteiger partial charge in [-0.1, -0.05) is 11.6 Å². The fraction of sp³-hybridized carbons (Fsp3) is 0.286. The molecule has 4 rings (SSSR count). The van der Waals surface area contributed by atoms with E-state index in [0.29, 0.717) is 30.5 Å². The number of hydrogen-bond acceptors (Lipinski definition) is 8. The smallest absolute Gasteiger partial charge is 0.253 e. The lowest BCUT2D eigenvalue weighted by Crippen LogP contribution is -2.41. The Morgan fingerprint density at radius 2 is 2.03 bits per heavy atom. The van der Waals surface area contributed by atoms with Crippen molar-refractivity contribution in [2.24, 2.45) is 0 Å². The molecule has 1 aromatic carbocycles. The maximum absolute atomic E-state index is 12.8. The standard InChI is InChI=1S/C21H21ClN6O5S/c1-13(26-21(30)14-7-15(22)9-17(8-14)34(2,31)32)20-24-12-25-28(20)18-4-3-16(10-23-18)27-5-6-33-11-19(27)29/h3-4,7-10,12-13H,5-6,11H2,1-2H3,(H,26,30)/t13-/m0/s1. The van der Waals surface area contributed by atoms with E-state index in [1.54, 1.807) is 30.2 Å². The highest BCUT2D eigenvalue weighted by Gasteiger charge is 2.22. The van der Waals surface area contributed by atoms with Crippen molar-refractivity contribution in [2.75, 3.05) is 30.9 Å². The number of halogens is 1. The molecule has 34 heavy (non-hydrogen) atoms. The van der Waals surface area contributed by atoms with E-state index in [2.05, 4.69) is 20.4 Å². The average molecular weight is 505 g/mol. The molecule has 1 saturated heterocycles. The molecule has 1 N–H and O–H groups in total. The number of sulfone groups is 1. The molecule has 0 spiro atoms. The van der Waals surface area contributed by atoms with E-state index >= 15 is 0 Å². The third kappa shape index (κ3) is 5.08. The van der Waals surface area contributed by atoms with E-state index < -0.39 is 21.8 Å². The maximum atomic E-state index is 12.8. The van der Waals surface area contributed by atoms with E-state index in [9.17, 15) is 18.0 Å². The lowest BCUT2D eigenvalue weighted by atomic mass is 10.2. The molecule has 0 unspecified atom stereocenters. The van der Waals surface area contributed by atoms with E-state index in [4.69, 9.17) is 16.3 Å². The molecule has 1 aliphatic heterocycles. The van der Waals surface area contributed by atoms with Gasteiger partial charge in [-0.15, -0.1) is 0 Å². The molecule has 0 bridgehead atoms. The monoisotopic (exact) mass is 504 g/mol. The second-order valence-corrected chi connectivity index (χ2v) is 10.1. The molecular formula is C21H21ClN6O5S. The first-order valence-electron chi connectivity index (χ1n) is 10.2. The number of hydrogen-bond donors (Lipinski definition) is 1. The fourth-order valence-electron chi connectivity index (χ4n) is 3.43. The van der Waals surface area contributed by atoms with Gasteiger partial charge in [0.2, 0.25) is 0 Å². The van der Waals surface area contributed by atoms with Crippen LogP contribution in [0.15, 0.2) is 47.8 Å². The Morgan fingerprint density at radius 1 is 1.24 bits per heavy atom. The second-order valence-electron chi connectivity index (χ2n) is 7.65. The van der Waals surface area contributed by atoms with E-state index in [-0.39, 0.29) is 28.0 Å². The van der Waals surface area contributed by atoms with Crippen molar-refractivity contribution in [1.82, 2.24) is 25.1 Å². The van der Waals surface area contributed by atoms with Crippen LogP contribution in [0, 0.1) is 0 Å². The summed E-state index contributed by atoms with van der Waals surface area (Å²) in [5.74, 6) is 0.184. The Labute approximate surface area is 200 Å². The predicted octanol–water partition coefficient (Wildman–Crippen LogP) is 1.57. The Balaban J connectivity index is 1.53. The van der Waals surface area contributed by atoms with Gasteiger partial charge in [0.05, 0.1) is 29.4 Å². The molecule has 178 valence electrons. The van der Waals surface area contributed by atoms with Gasteiger partial charge < -0.3 is 15.0 Å². The lowest BCUT2D eigenvalue weighted by Gasteiger charge is -2.26. The largest absolute Gasteiger partial charge is 0.370 e. The summed E-state index contributed by atoms with van der Waals surface area (Å²) in [4.78, 5) is 35.0. The van der Waals surface area contributed by atoms with Crippen molar-refractivity contribution < 1.29 is 22.7 Å². The van der Waals surface area contributed by atoms with Gasteiger partial charge in [0.1, 0.15) is 12.9 Å². The van der Waals surface area contributed by atoms with E-state index in [1.807, 2.05) is 0 Å². The zero-order valence-electron chi connectivity index (χ0n) is 18.3. The van der Waals surface area contributed by atoms with Crippen LogP contribution in [0.2, 0.25) is 5.02 Å². The number of morpholine rings is 1. The Kier molecular flexibility index (Phi) is 6.64. The van der Waals surface area contributed by atoms with Crippen LogP contribution in [0.4, 0.5) is 5.69 Å². The molecule has 1 aliphatic rings. The first-order chi connectivity index (χ1) is 16.1. The number of anilines is 1. The summed E-state index contributed by atoms with van der Waals surface area (Å²) in [6, 6.07) is 6.78. The average Bonchev–Trinajstić information content (AvgIpc) is 3.29. The first-order valence-corrected chi connectivity index (χ1v) is 12.5. The van der Waals surface area contributed by atoms with Gasteiger partial charge in [0.15, 0.2) is 21.5 Å². The number of nitrogens with zero attached hydrogens (tertiary/aromatic N) is 5. The number of ether oxygens (including phenoxy) is 1. The van der Waals surface area contributed by atoms with E-state index in [0.717, 1.165) is 6.26 Å². The summed E-state index contributed by atoms with van der Waals surface area (Å²) >= 11 is 6.01. The molecule has 0 saturated carbocycles. The molecule has 1 fully saturated rings. The summed E-state index contributed by atoms with van der Waals surface area (Å²) in [6.45, 7) is 2.64.